The fourth-order valence-corrected chi connectivity index (χ4v) is 2.36. The third kappa shape index (κ3) is 1.65. The van der Waals surface area contributed by atoms with E-state index >= 15 is 0 Å². The molecule has 1 aromatic carbocycles. The Morgan fingerprint density at radius 2 is 2.35 bits per heavy atom. The molecule has 1 fully saturated rings. The summed E-state index contributed by atoms with van der Waals surface area (Å²) >= 11 is 0. The molecule has 0 bridgehead atoms. The van der Waals surface area contributed by atoms with Crippen LogP contribution in [0, 0.1) is 5.41 Å². The first-order valence-electron chi connectivity index (χ1n) is 5.88. The second-order valence-electron chi connectivity index (χ2n) is 4.77. The third-order valence-corrected chi connectivity index (χ3v) is 3.53. The largest absolute Gasteiger partial charge is 0.345 e. The fourth-order valence-electron chi connectivity index (χ4n) is 2.36. The number of benzene rings is 1. The van der Waals surface area contributed by atoms with Gasteiger partial charge in [0.25, 0.3) is 0 Å². The van der Waals surface area contributed by atoms with Gasteiger partial charge in [0.15, 0.2) is 5.78 Å². The fraction of sp³-hybridized carbons (Fsp3) is 0.385. The minimum absolute atomic E-state index is 0.150. The van der Waals surface area contributed by atoms with Crippen LogP contribution in [-0.2, 0) is 0 Å². The van der Waals surface area contributed by atoms with Gasteiger partial charge in [-0.3, -0.25) is 4.79 Å². The summed E-state index contributed by atoms with van der Waals surface area (Å²) in [5.74, 6) is 0.253. The molecule has 1 aromatic heterocycles. The third-order valence-electron chi connectivity index (χ3n) is 3.53. The number of fused-ring (bicyclic) bond motifs is 1. The second kappa shape index (κ2) is 3.67. The normalized spacial score (nSPS) is 17.2. The van der Waals surface area contributed by atoms with Crippen molar-refractivity contribution in [1.82, 2.24) is 15.3 Å². The Bertz CT molecular complexity index is 569. The van der Waals surface area contributed by atoms with Crippen molar-refractivity contribution in [3.63, 3.8) is 0 Å². The molecule has 4 nitrogen and oxygen atoms in total. The Morgan fingerprint density at radius 3 is 3.06 bits per heavy atom. The highest BCUT2D eigenvalue weighted by Crippen LogP contribution is 2.47. The summed E-state index contributed by atoms with van der Waals surface area (Å²) in [7, 11) is 1.89. The van der Waals surface area contributed by atoms with E-state index < -0.39 is 0 Å². The monoisotopic (exact) mass is 229 g/mol. The number of Topliss-reactive ketones (excluding diaryl/α,β-unsaturated/α-hetero) is 1. The van der Waals surface area contributed by atoms with Gasteiger partial charge in [0.2, 0.25) is 0 Å². The molecule has 0 radical (unpaired) electrons. The molecule has 2 aromatic rings. The Hall–Kier alpha value is -1.68. The van der Waals surface area contributed by atoms with Gasteiger partial charge in [-0.15, -0.1) is 0 Å². The van der Waals surface area contributed by atoms with Gasteiger partial charge in [-0.2, -0.15) is 0 Å². The van der Waals surface area contributed by atoms with Crippen LogP contribution >= 0.6 is 0 Å². The van der Waals surface area contributed by atoms with E-state index in [9.17, 15) is 4.79 Å². The zero-order chi connectivity index (χ0) is 11.9. The van der Waals surface area contributed by atoms with Crippen LogP contribution in [0.5, 0.6) is 0 Å². The average molecular weight is 229 g/mol. The quantitative estimate of drug-likeness (QED) is 0.785. The van der Waals surface area contributed by atoms with E-state index in [1.165, 1.54) is 0 Å². The van der Waals surface area contributed by atoms with E-state index in [4.69, 9.17) is 0 Å². The molecule has 0 atom stereocenters. The minimum atomic E-state index is -0.150. The molecule has 1 saturated carbocycles. The van der Waals surface area contributed by atoms with Gasteiger partial charge in [0.1, 0.15) is 0 Å². The van der Waals surface area contributed by atoms with Gasteiger partial charge < -0.3 is 10.3 Å². The van der Waals surface area contributed by atoms with E-state index in [0.717, 1.165) is 36.0 Å². The van der Waals surface area contributed by atoms with Crippen molar-refractivity contribution in [3.05, 3.63) is 30.1 Å². The van der Waals surface area contributed by atoms with Crippen molar-refractivity contribution in [2.24, 2.45) is 5.41 Å². The molecule has 0 saturated heterocycles. The molecule has 2 N–H and O–H groups in total. The zero-order valence-electron chi connectivity index (χ0n) is 9.79. The van der Waals surface area contributed by atoms with Crippen LogP contribution in [0.2, 0.25) is 0 Å². The number of aromatic amines is 1. The van der Waals surface area contributed by atoms with Crippen LogP contribution in [0.4, 0.5) is 0 Å². The SMILES string of the molecule is CNCC1(C(=O)c2ccc3nc[nH]c3c2)CC1. The maximum atomic E-state index is 12.4. The van der Waals surface area contributed by atoms with E-state index in [0.29, 0.717) is 0 Å². The minimum Gasteiger partial charge on any atom is -0.345 e. The number of nitrogens with one attached hydrogen (secondary N) is 2. The summed E-state index contributed by atoms with van der Waals surface area (Å²) in [6.07, 6.45) is 3.64. The number of imidazole rings is 1. The molecule has 3 rings (SSSR count). The number of carbonyl (C=O) groups excluding carboxylic acids is 1. The topological polar surface area (TPSA) is 57.8 Å². The number of ketones is 1. The predicted molar refractivity (Wildman–Crippen MR) is 66.0 cm³/mol. The van der Waals surface area contributed by atoms with Crippen LogP contribution in [0.15, 0.2) is 24.5 Å². The highest BCUT2D eigenvalue weighted by Gasteiger charge is 2.49. The molecule has 0 aliphatic heterocycles. The molecule has 88 valence electrons. The van der Waals surface area contributed by atoms with E-state index in [1.54, 1.807) is 6.33 Å². The number of nitrogens with zero attached hydrogens (tertiary/aromatic N) is 1. The highest BCUT2D eigenvalue weighted by molar-refractivity contribution is 6.04. The van der Waals surface area contributed by atoms with Crippen molar-refractivity contribution >= 4 is 16.8 Å². The van der Waals surface area contributed by atoms with Crippen molar-refractivity contribution < 1.29 is 4.79 Å². The smallest absolute Gasteiger partial charge is 0.170 e. The summed E-state index contributed by atoms with van der Waals surface area (Å²) in [6, 6.07) is 5.68. The summed E-state index contributed by atoms with van der Waals surface area (Å²) in [5.41, 5.74) is 2.47. The average Bonchev–Trinajstić information content (AvgIpc) is 2.97. The summed E-state index contributed by atoms with van der Waals surface area (Å²) in [6.45, 7) is 0.771. The maximum absolute atomic E-state index is 12.4. The Labute approximate surface area is 99.4 Å². The van der Waals surface area contributed by atoms with E-state index in [2.05, 4.69) is 15.3 Å². The highest BCUT2D eigenvalue weighted by atomic mass is 16.1. The number of carbonyl (C=O) groups is 1. The van der Waals surface area contributed by atoms with Crippen LogP contribution < -0.4 is 5.32 Å². The van der Waals surface area contributed by atoms with Crippen molar-refractivity contribution in [1.29, 1.82) is 0 Å². The van der Waals surface area contributed by atoms with Gasteiger partial charge in [0.05, 0.1) is 17.4 Å². The zero-order valence-corrected chi connectivity index (χ0v) is 9.79. The van der Waals surface area contributed by atoms with Gasteiger partial charge in [0, 0.05) is 17.5 Å². The standard InChI is InChI=1S/C13H15N3O/c1-14-7-13(4-5-13)12(17)9-2-3-10-11(6-9)16-8-15-10/h2-3,6,8,14H,4-5,7H2,1H3,(H,15,16). The number of aromatic nitrogens is 2. The number of rotatable bonds is 4. The molecule has 0 unspecified atom stereocenters. The number of H-pyrrole nitrogens is 1. The van der Waals surface area contributed by atoms with Crippen molar-refractivity contribution in [3.8, 4) is 0 Å². The van der Waals surface area contributed by atoms with Crippen molar-refractivity contribution in [2.75, 3.05) is 13.6 Å². The first-order chi connectivity index (χ1) is 8.25. The number of hydrogen-bond acceptors (Lipinski definition) is 3. The summed E-state index contributed by atoms with van der Waals surface area (Å²) in [4.78, 5) is 19.6. The molecular formula is C13H15N3O. The van der Waals surface area contributed by atoms with Crippen molar-refractivity contribution in [2.45, 2.75) is 12.8 Å². The summed E-state index contributed by atoms with van der Waals surface area (Å²) in [5, 5.41) is 3.11. The predicted octanol–water partition coefficient (Wildman–Crippen LogP) is 1.75. The van der Waals surface area contributed by atoms with Crippen LogP contribution in [0.1, 0.15) is 23.2 Å². The second-order valence-corrected chi connectivity index (χ2v) is 4.77. The summed E-state index contributed by atoms with van der Waals surface area (Å²) < 4.78 is 0. The van der Waals surface area contributed by atoms with Gasteiger partial charge in [-0.1, -0.05) is 0 Å². The van der Waals surface area contributed by atoms with E-state index in [-0.39, 0.29) is 11.2 Å². The maximum Gasteiger partial charge on any atom is 0.170 e. The molecule has 0 spiro atoms. The lowest BCUT2D eigenvalue weighted by atomic mass is 9.94. The lowest BCUT2D eigenvalue weighted by Crippen LogP contribution is -2.27. The van der Waals surface area contributed by atoms with Gasteiger partial charge in [-0.25, -0.2) is 4.98 Å². The Balaban J connectivity index is 1.95. The molecule has 4 heteroatoms. The Morgan fingerprint density at radius 1 is 1.53 bits per heavy atom. The lowest BCUT2D eigenvalue weighted by Gasteiger charge is -2.13. The molecular weight excluding hydrogens is 214 g/mol. The molecule has 1 heterocycles. The molecule has 1 aliphatic rings. The molecule has 17 heavy (non-hydrogen) atoms. The Kier molecular flexibility index (Phi) is 2.26. The van der Waals surface area contributed by atoms with E-state index in [1.807, 2.05) is 25.2 Å². The molecule has 1 aliphatic carbocycles. The number of hydrogen-bond donors (Lipinski definition) is 2. The van der Waals surface area contributed by atoms with Crippen LogP contribution in [0.25, 0.3) is 11.0 Å². The van der Waals surface area contributed by atoms with Gasteiger partial charge >= 0.3 is 0 Å². The van der Waals surface area contributed by atoms with Crippen LogP contribution in [-0.4, -0.2) is 29.3 Å². The lowest BCUT2D eigenvalue weighted by molar-refractivity contribution is 0.0900. The molecule has 0 amide bonds. The first kappa shape index (κ1) is 10.5. The first-order valence-corrected chi connectivity index (χ1v) is 5.88. The van der Waals surface area contributed by atoms with Crippen LogP contribution in [0.3, 0.4) is 0 Å². The van der Waals surface area contributed by atoms with Gasteiger partial charge in [-0.05, 0) is 38.1 Å².